The van der Waals surface area contributed by atoms with Crippen molar-refractivity contribution >= 4 is 0 Å². The summed E-state index contributed by atoms with van der Waals surface area (Å²) in [5.74, 6) is 0.295. The number of rotatable bonds is 5. The molecule has 0 radical (unpaired) electrons. The molecule has 0 aliphatic rings. The number of aryl methyl sites for hydroxylation is 2. The molecule has 0 bridgehead atoms. The van der Waals surface area contributed by atoms with Gasteiger partial charge in [-0.2, -0.15) is 5.10 Å². The van der Waals surface area contributed by atoms with E-state index in [1.54, 1.807) is 0 Å². The predicted molar refractivity (Wildman–Crippen MR) is 65.2 cm³/mol. The molecule has 1 rings (SSSR count). The van der Waals surface area contributed by atoms with Gasteiger partial charge in [0.15, 0.2) is 0 Å². The second-order valence-corrected chi connectivity index (χ2v) is 4.72. The molecule has 0 aromatic carbocycles. The third-order valence-corrected chi connectivity index (χ3v) is 3.08. The molecule has 92 valence electrons. The van der Waals surface area contributed by atoms with Crippen LogP contribution in [0.3, 0.4) is 0 Å². The van der Waals surface area contributed by atoms with E-state index in [9.17, 15) is 5.11 Å². The van der Waals surface area contributed by atoms with Gasteiger partial charge in [-0.25, -0.2) is 0 Å². The number of hydrogen-bond acceptors (Lipinski definition) is 3. The molecule has 16 heavy (non-hydrogen) atoms. The molecule has 2 N–H and O–H groups in total. The van der Waals surface area contributed by atoms with Gasteiger partial charge in [0.05, 0.1) is 11.8 Å². The molecule has 1 atom stereocenters. The highest BCUT2D eigenvalue weighted by Crippen LogP contribution is 2.11. The Morgan fingerprint density at radius 3 is 2.44 bits per heavy atom. The Labute approximate surface area is 97.7 Å². The minimum absolute atomic E-state index is 0.280. The lowest BCUT2D eigenvalue weighted by molar-refractivity contribution is 0.123. The van der Waals surface area contributed by atoms with Crippen LogP contribution in [0.5, 0.6) is 0 Å². The van der Waals surface area contributed by atoms with Crippen LogP contribution < -0.4 is 5.32 Å². The third-order valence-electron chi connectivity index (χ3n) is 3.08. The third kappa shape index (κ3) is 3.06. The maximum Gasteiger partial charge on any atom is 0.0687 e. The Morgan fingerprint density at radius 1 is 1.38 bits per heavy atom. The quantitative estimate of drug-likeness (QED) is 0.790. The average molecular weight is 225 g/mol. The molecule has 0 aliphatic carbocycles. The van der Waals surface area contributed by atoms with Crippen molar-refractivity contribution in [2.45, 2.75) is 40.3 Å². The Morgan fingerprint density at radius 2 is 2.00 bits per heavy atom. The molecule has 1 heterocycles. The zero-order valence-electron chi connectivity index (χ0n) is 10.9. The van der Waals surface area contributed by atoms with Crippen LogP contribution in [0.1, 0.15) is 30.8 Å². The molecule has 4 nitrogen and oxygen atoms in total. The Kier molecular flexibility index (Phi) is 4.50. The lowest BCUT2D eigenvalue weighted by Gasteiger charge is -2.15. The van der Waals surface area contributed by atoms with Crippen molar-refractivity contribution < 1.29 is 5.11 Å². The molecule has 1 aromatic rings. The molecule has 0 amide bonds. The second kappa shape index (κ2) is 5.46. The van der Waals surface area contributed by atoms with E-state index in [2.05, 4.69) is 17.3 Å². The first-order valence-electron chi connectivity index (χ1n) is 5.81. The van der Waals surface area contributed by atoms with Crippen LogP contribution in [0.4, 0.5) is 0 Å². The van der Waals surface area contributed by atoms with Gasteiger partial charge in [0.2, 0.25) is 0 Å². The minimum atomic E-state index is -0.280. The van der Waals surface area contributed by atoms with Gasteiger partial charge in [-0.15, -0.1) is 0 Å². The standard InChI is InChI=1S/C12H23N3O/c1-8(2)12(16)7-13-6-11-9(3)14-15(5)10(11)4/h8,12-13,16H,6-7H2,1-5H3. The van der Waals surface area contributed by atoms with Crippen LogP contribution in [-0.4, -0.2) is 27.5 Å². The molecular formula is C12H23N3O. The van der Waals surface area contributed by atoms with Crippen molar-refractivity contribution in [2.24, 2.45) is 13.0 Å². The van der Waals surface area contributed by atoms with Crippen molar-refractivity contribution in [1.82, 2.24) is 15.1 Å². The summed E-state index contributed by atoms with van der Waals surface area (Å²) in [6.07, 6.45) is -0.280. The second-order valence-electron chi connectivity index (χ2n) is 4.72. The van der Waals surface area contributed by atoms with Crippen LogP contribution in [-0.2, 0) is 13.6 Å². The smallest absolute Gasteiger partial charge is 0.0687 e. The first-order chi connectivity index (χ1) is 7.43. The highest BCUT2D eigenvalue weighted by molar-refractivity contribution is 5.23. The maximum absolute atomic E-state index is 9.66. The highest BCUT2D eigenvalue weighted by Gasteiger charge is 2.11. The number of aliphatic hydroxyl groups is 1. The molecule has 0 saturated carbocycles. The Hall–Kier alpha value is -0.870. The lowest BCUT2D eigenvalue weighted by atomic mass is 10.1. The molecule has 0 spiro atoms. The summed E-state index contributed by atoms with van der Waals surface area (Å²) in [7, 11) is 1.95. The number of nitrogens with one attached hydrogen (secondary N) is 1. The largest absolute Gasteiger partial charge is 0.392 e. The summed E-state index contributed by atoms with van der Waals surface area (Å²) >= 11 is 0. The zero-order valence-corrected chi connectivity index (χ0v) is 10.9. The summed E-state index contributed by atoms with van der Waals surface area (Å²) in [5, 5.41) is 17.3. The van der Waals surface area contributed by atoms with Gasteiger partial charge in [-0.05, 0) is 19.8 Å². The minimum Gasteiger partial charge on any atom is -0.392 e. The van der Waals surface area contributed by atoms with Gasteiger partial charge in [0.1, 0.15) is 0 Å². The van der Waals surface area contributed by atoms with E-state index in [1.807, 2.05) is 32.5 Å². The Bertz CT molecular complexity index is 344. The number of aromatic nitrogens is 2. The molecule has 1 aromatic heterocycles. The monoisotopic (exact) mass is 225 g/mol. The number of nitrogens with zero attached hydrogens (tertiary/aromatic N) is 2. The summed E-state index contributed by atoms with van der Waals surface area (Å²) in [6, 6.07) is 0. The number of aliphatic hydroxyl groups excluding tert-OH is 1. The van der Waals surface area contributed by atoms with Crippen LogP contribution >= 0.6 is 0 Å². The SMILES string of the molecule is Cc1nn(C)c(C)c1CNCC(O)C(C)C. The highest BCUT2D eigenvalue weighted by atomic mass is 16.3. The van der Waals surface area contributed by atoms with Crippen molar-refractivity contribution in [3.05, 3.63) is 17.0 Å². The van der Waals surface area contributed by atoms with Crippen LogP contribution in [0, 0.1) is 19.8 Å². The van der Waals surface area contributed by atoms with E-state index in [4.69, 9.17) is 0 Å². The van der Waals surface area contributed by atoms with Gasteiger partial charge >= 0.3 is 0 Å². The van der Waals surface area contributed by atoms with E-state index >= 15 is 0 Å². The predicted octanol–water partition coefficient (Wildman–Crippen LogP) is 1.14. The van der Waals surface area contributed by atoms with Gasteiger partial charge in [0, 0.05) is 31.4 Å². The van der Waals surface area contributed by atoms with Gasteiger partial charge in [-0.3, -0.25) is 4.68 Å². The molecule has 4 heteroatoms. The summed E-state index contributed by atoms with van der Waals surface area (Å²) in [5.41, 5.74) is 3.48. The molecular weight excluding hydrogens is 202 g/mol. The summed E-state index contributed by atoms with van der Waals surface area (Å²) in [6.45, 7) is 9.53. The van der Waals surface area contributed by atoms with Crippen LogP contribution in [0.15, 0.2) is 0 Å². The van der Waals surface area contributed by atoms with E-state index in [1.165, 1.54) is 11.3 Å². The fourth-order valence-electron chi connectivity index (χ4n) is 1.65. The topological polar surface area (TPSA) is 50.1 Å². The van der Waals surface area contributed by atoms with E-state index < -0.39 is 0 Å². The van der Waals surface area contributed by atoms with Crippen molar-refractivity contribution in [3.63, 3.8) is 0 Å². The average Bonchev–Trinajstić information content (AvgIpc) is 2.44. The summed E-state index contributed by atoms with van der Waals surface area (Å²) < 4.78 is 1.89. The van der Waals surface area contributed by atoms with E-state index in [-0.39, 0.29) is 6.10 Å². The Balaban J connectivity index is 2.49. The van der Waals surface area contributed by atoms with Crippen molar-refractivity contribution in [3.8, 4) is 0 Å². The summed E-state index contributed by atoms with van der Waals surface area (Å²) in [4.78, 5) is 0. The van der Waals surface area contributed by atoms with Crippen molar-refractivity contribution in [1.29, 1.82) is 0 Å². The molecule has 0 fully saturated rings. The first-order valence-corrected chi connectivity index (χ1v) is 5.81. The normalized spacial score (nSPS) is 13.4. The lowest BCUT2D eigenvalue weighted by Crippen LogP contribution is -2.30. The fraction of sp³-hybridized carbons (Fsp3) is 0.750. The van der Waals surface area contributed by atoms with Crippen molar-refractivity contribution in [2.75, 3.05) is 6.54 Å². The maximum atomic E-state index is 9.66. The van der Waals surface area contributed by atoms with Crippen LogP contribution in [0.25, 0.3) is 0 Å². The molecule has 0 saturated heterocycles. The first kappa shape index (κ1) is 13.2. The zero-order chi connectivity index (χ0) is 12.3. The van der Waals surface area contributed by atoms with Gasteiger partial charge < -0.3 is 10.4 Å². The van der Waals surface area contributed by atoms with Gasteiger partial charge in [0.25, 0.3) is 0 Å². The molecule has 1 unspecified atom stereocenters. The van der Waals surface area contributed by atoms with Crippen LogP contribution in [0.2, 0.25) is 0 Å². The molecule has 0 aliphatic heterocycles. The van der Waals surface area contributed by atoms with E-state index in [0.717, 1.165) is 12.2 Å². The number of hydrogen-bond donors (Lipinski definition) is 2. The fourth-order valence-corrected chi connectivity index (χ4v) is 1.65. The van der Waals surface area contributed by atoms with Gasteiger partial charge in [-0.1, -0.05) is 13.8 Å². The van der Waals surface area contributed by atoms with E-state index in [0.29, 0.717) is 12.5 Å².